The van der Waals surface area contributed by atoms with Crippen molar-refractivity contribution in [1.29, 1.82) is 0 Å². The van der Waals surface area contributed by atoms with Gasteiger partial charge in [0, 0.05) is 11.3 Å². The van der Waals surface area contributed by atoms with E-state index in [1.165, 1.54) is 0 Å². The van der Waals surface area contributed by atoms with Crippen LogP contribution in [0.4, 0.5) is 5.69 Å². The molecule has 2 aromatic rings. The summed E-state index contributed by atoms with van der Waals surface area (Å²) < 4.78 is 59.4. The Hall–Kier alpha value is -3.18. The first kappa shape index (κ1) is 41.0. The molecular weight excluding hydrogens is 630 g/mol. The number of anilines is 1. The first-order valence-electron chi connectivity index (χ1n) is 16.1. The van der Waals surface area contributed by atoms with Gasteiger partial charge in [0.05, 0.1) is 119 Å². The number of ether oxygens (including phenoxy) is 11. The SMILES string of the molecule is Nc1ccc(OCCOCCOCCOCCOCCOCCOCCOCCOCCOCCOC(=O)C(=O)c2ccccc2)cc1. The average Bonchev–Trinajstić information content (AvgIpc) is 3.11. The number of rotatable bonds is 33. The summed E-state index contributed by atoms with van der Waals surface area (Å²) in [5.41, 5.74) is 6.64. The van der Waals surface area contributed by atoms with E-state index in [2.05, 4.69) is 0 Å². The van der Waals surface area contributed by atoms with Gasteiger partial charge in [-0.2, -0.15) is 0 Å². The number of hydrogen-bond donors (Lipinski definition) is 1. The number of nitrogen functional groups attached to an aromatic ring is 1. The highest BCUT2D eigenvalue weighted by molar-refractivity contribution is 6.40. The zero-order chi connectivity index (χ0) is 34.2. The maximum Gasteiger partial charge on any atom is 0.379 e. The molecule has 0 heterocycles. The molecule has 0 aliphatic rings. The summed E-state index contributed by atoms with van der Waals surface area (Å²) >= 11 is 0. The van der Waals surface area contributed by atoms with Crippen LogP contribution in [0.2, 0.25) is 0 Å². The molecule has 0 fully saturated rings. The number of carbonyl (C=O) groups is 2. The van der Waals surface area contributed by atoms with Gasteiger partial charge < -0.3 is 57.8 Å². The van der Waals surface area contributed by atoms with E-state index in [1.54, 1.807) is 42.5 Å². The van der Waals surface area contributed by atoms with Gasteiger partial charge in [-0.1, -0.05) is 30.3 Å². The van der Waals surface area contributed by atoms with Crippen LogP contribution in [0.15, 0.2) is 54.6 Å². The van der Waals surface area contributed by atoms with Crippen molar-refractivity contribution in [3.8, 4) is 5.75 Å². The average molecular weight is 682 g/mol. The lowest BCUT2D eigenvalue weighted by Gasteiger charge is -2.09. The van der Waals surface area contributed by atoms with E-state index in [4.69, 9.17) is 57.8 Å². The molecule has 48 heavy (non-hydrogen) atoms. The van der Waals surface area contributed by atoms with Gasteiger partial charge in [-0.15, -0.1) is 0 Å². The molecule has 0 bridgehead atoms. The molecule has 0 unspecified atom stereocenters. The third-order valence-electron chi connectivity index (χ3n) is 6.03. The number of hydrogen-bond acceptors (Lipinski definition) is 14. The monoisotopic (exact) mass is 681 g/mol. The molecule has 2 aromatic carbocycles. The molecule has 0 atom stereocenters. The summed E-state index contributed by atoms with van der Waals surface area (Å²) in [7, 11) is 0. The van der Waals surface area contributed by atoms with Crippen LogP contribution in [0, 0.1) is 0 Å². The minimum Gasteiger partial charge on any atom is -0.491 e. The normalized spacial score (nSPS) is 11.1. The minimum absolute atomic E-state index is 0.00400. The number of esters is 1. The summed E-state index contributed by atoms with van der Waals surface area (Å²) in [5, 5.41) is 0. The quantitative estimate of drug-likeness (QED) is 0.0384. The van der Waals surface area contributed by atoms with E-state index in [0.717, 1.165) is 5.75 Å². The van der Waals surface area contributed by atoms with Crippen molar-refractivity contribution in [2.75, 3.05) is 138 Å². The highest BCUT2D eigenvalue weighted by atomic mass is 16.6. The molecule has 14 heteroatoms. The van der Waals surface area contributed by atoms with E-state index in [0.29, 0.717) is 130 Å². The number of nitrogens with two attached hydrogens (primary N) is 1. The van der Waals surface area contributed by atoms with Crippen LogP contribution in [0.3, 0.4) is 0 Å². The number of benzene rings is 2. The van der Waals surface area contributed by atoms with Gasteiger partial charge in [-0.25, -0.2) is 4.79 Å². The van der Waals surface area contributed by atoms with Crippen molar-refractivity contribution < 1.29 is 61.7 Å². The Balaban J connectivity index is 1.17. The van der Waals surface area contributed by atoms with Crippen LogP contribution in [-0.2, 0) is 52.2 Å². The van der Waals surface area contributed by atoms with Gasteiger partial charge in [-0.3, -0.25) is 4.79 Å². The second-order valence-electron chi connectivity index (χ2n) is 9.76. The first-order valence-corrected chi connectivity index (χ1v) is 16.1. The minimum atomic E-state index is -0.898. The Labute approximate surface area is 282 Å². The summed E-state index contributed by atoms with van der Waals surface area (Å²) in [6.45, 7) is 8.47. The van der Waals surface area contributed by atoms with Crippen LogP contribution in [0.5, 0.6) is 5.75 Å². The molecule has 0 saturated carbocycles. The fourth-order valence-corrected chi connectivity index (χ4v) is 3.61. The van der Waals surface area contributed by atoms with Crippen molar-refractivity contribution in [3.63, 3.8) is 0 Å². The molecule has 0 aromatic heterocycles. The lowest BCUT2D eigenvalue weighted by atomic mass is 10.1. The van der Waals surface area contributed by atoms with E-state index in [-0.39, 0.29) is 13.2 Å². The standard InChI is InChI=1S/C34H51NO13/c35-31-6-8-32(9-7-31)47-28-26-45-24-22-43-20-18-41-16-14-39-12-10-38-11-13-40-15-17-42-19-21-44-23-25-46-27-29-48-34(37)33(36)30-4-2-1-3-5-30/h1-9H,10-29,35H2. The van der Waals surface area contributed by atoms with Crippen molar-refractivity contribution in [2.45, 2.75) is 0 Å². The van der Waals surface area contributed by atoms with E-state index in [9.17, 15) is 9.59 Å². The van der Waals surface area contributed by atoms with Crippen molar-refractivity contribution in [3.05, 3.63) is 60.2 Å². The fourth-order valence-electron chi connectivity index (χ4n) is 3.61. The van der Waals surface area contributed by atoms with Gasteiger partial charge in [0.25, 0.3) is 5.78 Å². The van der Waals surface area contributed by atoms with Crippen LogP contribution in [0.1, 0.15) is 10.4 Å². The van der Waals surface area contributed by atoms with E-state index >= 15 is 0 Å². The zero-order valence-corrected chi connectivity index (χ0v) is 27.7. The third kappa shape index (κ3) is 23.2. The van der Waals surface area contributed by atoms with Crippen LogP contribution < -0.4 is 10.5 Å². The predicted octanol–water partition coefficient (Wildman–Crippen LogP) is 2.22. The molecule has 270 valence electrons. The summed E-state index contributed by atoms with van der Waals surface area (Å²) in [6.07, 6.45) is 0. The maximum absolute atomic E-state index is 11.9. The molecule has 14 nitrogen and oxygen atoms in total. The highest BCUT2D eigenvalue weighted by Gasteiger charge is 2.17. The Morgan fingerprint density at radius 1 is 0.417 bits per heavy atom. The zero-order valence-electron chi connectivity index (χ0n) is 27.7. The Kier molecular flexibility index (Phi) is 25.6. The molecule has 0 amide bonds. The Bertz CT molecular complexity index is 1040. The maximum atomic E-state index is 11.9. The van der Waals surface area contributed by atoms with Gasteiger partial charge in [-0.05, 0) is 24.3 Å². The molecule has 2 rings (SSSR count). The van der Waals surface area contributed by atoms with Crippen molar-refractivity contribution >= 4 is 17.4 Å². The lowest BCUT2D eigenvalue weighted by molar-refractivity contribution is -0.139. The summed E-state index contributed by atoms with van der Waals surface area (Å²) in [6, 6.07) is 15.5. The van der Waals surface area contributed by atoms with Crippen LogP contribution in [0.25, 0.3) is 0 Å². The number of Topliss-reactive ketones (excluding diaryl/α,β-unsaturated/α-hetero) is 1. The summed E-state index contributed by atoms with van der Waals surface area (Å²) in [5.74, 6) is -0.811. The molecule has 0 saturated heterocycles. The largest absolute Gasteiger partial charge is 0.491 e. The molecule has 0 aliphatic carbocycles. The molecule has 0 radical (unpaired) electrons. The fraction of sp³-hybridized carbons (Fsp3) is 0.588. The number of carbonyl (C=O) groups excluding carboxylic acids is 2. The second-order valence-corrected chi connectivity index (χ2v) is 9.76. The van der Waals surface area contributed by atoms with Gasteiger partial charge in [0.15, 0.2) is 0 Å². The van der Waals surface area contributed by atoms with Gasteiger partial charge >= 0.3 is 5.97 Å². The van der Waals surface area contributed by atoms with Crippen LogP contribution >= 0.6 is 0 Å². The number of ketones is 1. The summed E-state index contributed by atoms with van der Waals surface area (Å²) in [4.78, 5) is 23.6. The van der Waals surface area contributed by atoms with Gasteiger partial charge in [0.2, 0.25) is 0 Å². The topological polar surface area (TPSA) is 162 Å². The van der Waals surface area contributed by atoms with E-state index in [1.807, 2.05) is 12.1 Å². The highest BCUT2D eigenvalue weighted by Crippen LogP contribution is 2.12. The molecule has 0 spiro atoms. The van der Waals surface area contributed by atoms with E-state index < -0.39 is 11.8 Å². The smallest absolute Gasteiger partial charge is 0.379 e. The lowest BCUT2D eigenvalue weighted by Crippen LogP contribution is -2.20. The van der Waals surface area contributed by atoms with Crippen molar-refractivity contribution in [2.24, 2.45) is 0 Å². The first-order chi connectivity index (χ1) is 23.7. The Morgan fingerprint density at radius 2 is 0.750 bits per heavy atom. The van der Waals surface area contributed by atoms with Crippen molar-refractivity contribution in [1.82, 2.24) is 0 Å². The molecule has 2 N–H and O–H groups in total. The third-order valence-corrected chi connectivity index (χ3v) is 6.03. The molecule has 0 aliphatic heterocycles. The van der Waals surface area contributed by atoms with Gasteiger partial charge in [0.1, 0.15) is 19.0 Å². The molecular formula is C34H51NO13. The second kappa shape index (κ2) is 29.9. The predicted molar refractivity (Wildman–Crippen MR) is 175 cm³/mol. The Morgan fingerprint density at radius 3 is 1.12 bits per heavy atom. The van der Waals surface area contributed by atoms with Crippen LogP contribution in [-0.4, -0.2) is 144 Å².